The van der Waals surface area contributed by atoms with Gasteiger partial charge in [0.15, 0.2) is 0 Å². The van der Waals surface area contributed by atoms with E-state index < -0.39 is 0 Å². The van der Waals surface area contributed by atoms with Crippen molar-refractivity contribution >= 4 is 23.3 Å². The molecule has 0 unspecified atom stereocenters. The van der Waals surface area contributed by atoms with Gasteiger partial charge in [0.25, 0.3) is 5.91 Å². The van der Waals surface area contributed by atoms with Crippen molar-refractivity contribution in [2.75, 3.05) is 18.9 Å². The van der Waals surface area contributed by atoms with Crippen LogP contribution >= 0.6 is 0 Å². The lowest BCUT2D eigenvalue weighted by Crippen LogP contribution is -2.36. The van der Waals surface area contributed by atoms with Gasteiger partial charge in [0.1, 0.15) is 11.5 Å². The molecule has 0 aliphatic carbocycles. The summed E-state index contributed by atoms with van der Waals surface area (Å²) in [4.78, 5) is 35.5. The molecule has 0 radical (unpaired) electrons. The summed E-state index contributed by atoms with van der Waals surface area (Å²) in [5.74, 6) is 0.204. The van der Waals surface area contributed by atoms with Crippen LogP contribution in [-0.4, -0.2) is 46.0 Å². The minimum Gasteiger partial charge on any atom is -0.338 e. The second-order valence-corrected chi connectivity index (χ2v) is 7.60. The van der Waals surface area contributed by atoms with Gasteiger partial charge in [-0.25, -0.2) is 4.98 Å². The van der Waals surface area contributed by atoms with E-state index in [0.717, 1.165) is 36.8 Å². The number of unbranched alkanes of at least 4 members (excludes halogenated alkanes) is 1. The van der Waals surface area contributed by atoms with Crippen LogP contribution in [0.5, 0.6) is 0 Å². The number of fused-ring (bicyclic) bond motifs is 1. The maximum atomic E-state index is 12.7. The van der Waals surface area contributed by atoms with E-state index in [1.165, 1.54) is 7.05 Å². The van der Waals surface area contributed by atoms with Crippen molar-refractivity contribution in [3.8, 4) is 0 Å². The fourth-order valence-electron chi connectivity index (χ4n) is 3.48. The van der Waals surface area contributed by atoms with Crippen LogP contribution in [0.2, 0.25) is 0 Å². The van der Waals surface area contributed by atoms with Crippen LogP contribution in [0.1, 0.15) is 73.3 Å². The zero-order valence-electron chi connectivity index (χ0n) is 19.3. The molecule has 32 heavy (non-hydrogen) atoms. The van der Waals surface area contributed by atoms with Crippen molar-refractivity contribution in [3.05, 3.63) is 53.0 Å². The van der Waals surface area contributed by atoms with Gasteiger partial charge in [-0.1, -0.05) is 26.3 Å². The van der Waals surface area contributed by atoms with Gasteiger partial charge in [0.05, 0.1) is 11.4 Å². The first-order valence-electron chi connectivity index (χ1n) is 11.2. The number of rotatable bonds is 8. The second-order valence-electron chi connectivity index (χ2n) is 7.60. The number of anilines is 1. The molecule has 3 heterocycles. The maximum Gasteiger partial charge on any atom is 0.275 e. The molecule has 0 bridgehead atoms. The van der Waals surface area contributed by atoms with E-state index in [1.54, 1.807) is 30.5 Å². The van der Waals surface area contributed by atoms with Crippen LogP contribution in [-0.2, 0) is 17.8 Å². The van der Waals surface area contributed by atoms with Crippen molar-refractivity contribution in [1.82, 2.24) is 14.9 Å². The third kappa shape index (κ3) is 6.68. The zero-order valence-corrected chi connectivity index (χ0v) is 19.3. The van der Waals surface area contributed by atoms with Gasteiger partial charge in [0, 0.05) is 25.7 Å². The van der Waals surface area contributed by atoms with E-state index in [9.17, 15) is 9.59 Å². The van der Waals surface area contributed by atoms with E-state index in [2.05, 4.69) is 27.9 Å². The molecule has 8 heteroatoms. The van der Waals surface area contributed by atoms with Gasteiger partial charge in [-0.15, -0.1) is 0 Å². The molecule has 3 rings (SSSR count). The number of carbonyl (C=O) groups is 2. The largest absolute Gasteiger partial charge is 0.338 e. The van der Waals surface area contributed by atoms with Crippen LogP contribution in [0.3, 0.4) is 0 Å². The van der Waals surface area contributed by atoms with E-state index in [1.807, 2.05) is 11.8 Å². The Morgan fingerprint density at radius 2 is 1.91 bits per heavy atom. The maximum absolute atomic E-state index is 12.7. The molecular weight excluding hydrogens is 404 g/mol. The summed E-state index contributed by atoms with van der Waals surface area (Å²) in [6.07, 6.45) is 6.48. The fraction of sp³-hybridized carbons (Fsp3) is 0.458. The standard InChI is InChI=1S/C23H29N5O2.CH5N/c1-3-5-8-18(24)19-9-6-10-21(26-19)27-23(30)20-13-17-15-28(22(29)7-4-2)12-11-16(17)14-25-20;1-2/h6,9-10,13-14,24H,3-5,7-8,11-12,15H2,1-2H3,(H,26,27,30);2H2,1H3. The Morgan fingerprint density at radius 1 is 1.12 bits per heavy atom. The van der Waals surface area contributed by atoms with E-state index in [-0.39, 0.29) is 11.8 Å². The summed E-state index contributed by atoms with van der Waals surface area (Å²) in [5.41, 5.74) is 7.89. The number of nitrogens with zero attached hydrogens (tertiary/aromatic N) is 3. The highest BCUT2D eigenvalue weighted by molar-refractivity contribution is 6.03. The Labute approximate surface area is 190 Å². The number of hydrogen-bond acceptors (Lipinski definition) is 6. The average Bonchev–Trinajstić information content (AvgIpc) is 2.83. The molecule has 172 valence electrons. The first-order valence-corrected chi connectivity index (χ1v) is 11.2. The van der Waals surface area contributed by atoms with Gasteiger partial charge in [-0.05, 0) is 62.1 Å². The molecule has 0 saturated heterocycles. The number of amides is 2. The quantitative estimate of drug-likeness (QED) is 0.544. The number of carbonyl (C=O) groups excluding carboxylic acids is 2. The predicted octanol–water partition coefficient (Wildman–Crippen LogP) is 3.55. The molecule has 0 aromatic carbocycles. The van der Waals surface area contributed by atoms with Crippen molar-refractivity contribution < 1.29 is 9.59 Å². The van der Waals surface area contributed by atoms with Crippen LogP contribution in [0.25, 0.3) is 0 Å². The number of pyridine rings is 2. The van der Waals surface area contributed by atoms with Gasteiger partial charge < -0.3 is 21.4 Å². The average molecular weight is 439 g/mol. The van der Waals surface area contributed by atoms with Gasteiger partial charge in [-0.3, -0.25) is 14.6 Å². The summed E-state index contributed by atoms with van der Waals surface area (Å²) in [6.45, 7) is 5.29. The van der Waals surface area contributed by atoms with E-state index in [4.69, 9.17) is 5.41 Å². The molecular formula is C24H34N6O2. The Kier molecular flexibility index (Phi) is 9.94. The highest BCUT2D eigenvalue weighted by Crippen LogP contribution is 2.20. The Morgan fingerprint density at radius 3 is 2.62 bits per heavy atom. The molecule has 0 saturated carbocycles. The number of hydrogen-bond donors (Lipinski definition) is 3. The third-order valence-corrected chi connectivity index (χ3v) is 5.22. The third-order valence-electron chi connectivity index (χ3n) is 5.22. The van der Waals surface area contributed by atoms with Crippen LogP contribution < -0.4 is 11.1 Å². The van der Waals surface area contributed by atoms with Crippen molar-refractivity contribution in [2.45, 2.75) is 58.9 Å². The lowest BCUT2D eigenvalue weighted by atomic mass is 10.0. The highest BCUT2D eigenvalue weighted by Gasteiger charge is 2.22. The summed E-state index contributed by atoms with van der Waals surface area (Å²) >= 11 is 0. The van der Waals surface area contributed by atoms with Crippen LogP contribution in [0.15, 0.2) is 30.5 Å². The smallest absolute Gasteiger partial charge is 0.275 e. The predicted molar refractivity (Wildman–Crippen MR) is 127 cm³/mol. The summed E-state index contributed by atoms with van der Waals surface area (Å²) in [6, 6.07) is 7.05. The van der Waals surface area contributed by atoms with E-state index >= 15 is 0 Å². The molecule has 0 fully saturated rings. The highest BCUT2D eigenvalue weighted by atomic mass is 16.2. The summed E-state index contributed by atoms with van der Waals surface area (Å²) in [5, 5.41) is 10.9. The SMILES string of the molecule is CCCCC(=N)c1cccc(NC(=O)c2cc3c(cn2)CCN(C(=O)CCC)C3)n1.CN. The molecule has 1 aliphatic heterocycles. The fourth-order valence-corrected chi connectivity index (χ4v) is 3.48. The normalized spacial score (nSPS) is 12.3. The molecule has 4 N–H and O–H groups in total. The molecule has 2 aromatic heterocycles. The Balaban J connectivity index is 0.00000176. The summed E-state index contributed by atoms with van der Waals surface area (Å²) < 4.78 is 0. The molecule has 1 aliphatic rings. The second kappa shape index (κ2) is 12.7. The van der Waals surface area contributed by atoms with Gasteiger partial charge in [-0.2, -0.15) is 0 Å². The molecule has 0 spiro atoms. The van der Waals surface area contributed by atoms with Crippen LogP contribution in [0, 0.1) is 5.41 Å². The Hall–Kier alpha value is -3.13. The molecule has 2 amide bonds. The minimum absolute atomic E-state index is 0.150. The van der Waals surface area contributed by atoms with Gasteiger partial charge >= 0.3 is 0 Å². The first-order chi connectivity index (χ1) is 15.5. The molecule has 2 aromatic rings. The molecule has 8 nitrogen and oxygen atoms in total. The lowest BCUT2D eigenvalue weighted by molar-refractivity contribution is -0.132. The summed E-state index contributed by atoms with van der Waals surface area (Å²) in [7, 11) is 1.50. The monoisotopic (exact) mass is 438 g/mol. The number of aromatic nitrogens is 2. The lowest BCUT2D eigenvalue weighted by Gasteiger charge is -2.29. The number of nitrogens with two attached hydrogens (primary N) is 1. The molecule has 0 atom stereocenters. The van der Waals surface area contributed by atoms with Crippen molar-refractivity contribution in [2.24, 2.45) is 5.73 Å². The minimum atomic E-state index is -0.348. The Bertz CT molecular complexity index is 944. The van der Waals surface area contributed by atoms with Crippen molar-refractivity contribution in [3.63, 3.8) is 0 Å². The zero-order chi connectivity index (χ0) is 23.5. The topological polar surface area (TPSA) is 125 Å². The van der Waals surface area contributed by atoms with Gasteiger partial charge in [0.2, 0.25) is 5.91 Å². The first kappa shape index (κ1) is 25.1. The van der Waals surface area contributed by atoms with Crippen LogP contribution in [0.4, 0.5) is 5.82 Å². The van der Waals surface area contributed by atoms with E-state index in [0.29, 0.717) is 48.8 Å². The van der Waals surface area contributed by atoms with Crippen molar-refractivity contribution in [1.29, 1.82) is 5.41 Å². The number of nitrogens with one attached hydrogen (secondary N) is 2.